The zero-order valence-corrected chi connectivity index (χ0v) is 18.6. The Hall–Kier alpha value is -2.82. The number of nitrogens with one attached hydrogen (secondary N) is 2. The molecule has 176 valence electrons. The van der Waals surface area contributed by atoms with E-state index < -0.39 is 17.6 Å². The maximum absolute atomic E-state index is 12.8. The molecule has 2 amide bonds. The molecule has 7 nitrogen and oxygen atoms in total. The predicted octanol–water partition coefficient (Wildman–Crippen LogP) is 3.72. The number of halogens is 3. The second-order valence-electron chi connectivity index (χ2n) is 8.21. The summed E-state index contributed by atoms with van der Waals surface area (Å²) in [4.78, 5) is 26.5. The van der Waals surface area contributed by atoms with Crippen LogP contribution in [0.3, 0.4) is 0 Å². The monoisotopic (exact) mass is 479 g/mol. The van der Waals surface area contributed by atoms with E-state index in [9.17, 15) is 22.8 Å². The van der Waals surface area contributed by atoms with Gasteiger partial charge in [0.2, 0.25) is 11.8 Å². The molecule has 2 fully saturated rings. The van der Waals surface area contributed by atoms with Crippen LogP contribution in [-0.2, 0) is 15.8 Å². The van der Waals surface area contributed by atoms with Crippen molar-refractivity contribution in [2.24, 2.45) is 5.92 Å². The zero-order chi connectivity index (χ0) is 23.4. The van der Waals surface area contributed by atoms with E-state index in [0.29, 0.717) is 23.4 Å². The first kappa shape index (κ1) is 23.3. The quantitative estimate of drug-likeness (QED) is 0.589. The van der Waals surface area contributed by atoms with Crippen LogP contribution in [-0.4, -0.2) is 46.9 Å². The number of amides is 2. The van der Waals surface area contributed by atoms with Crippen LogP contribution in [0.15, 0.2) is 41.4 Å². The van der Waals surface area contributed by atoms with Gasteiger partial charge in [-0.2, -0.15) is 13.2 Å². The van der Waals surface area contributed by atoms with Gasteiger partial charge in [-0.15, -0.1) is 10.2 Å². The van der Waals surface area contributed by atoms with E-state index >= 15 is 0 Å². The summed E-state index contributed by atoms with van der Waals surface area (Å²) in [7, 11) is 0. The van der Waals surface area contributed by atoms with Crippen molar-refractivity contribution in [3.05, 3.63) is 42.0 Å². The Morgan fingerprint density at radius 2 is 1.94 bits per heavy atom. The first-order valence-corrected chi connectivity index (χ1v) is 11.8. The predicted molar refractivity (Wildman–Crippen MR) is 119 cm³/mol. The molecule has 2 N–H and O–H groups in total. The van der Waals surface area contributed by atoms with Crippen molar-refractivity contribution in [2.45, 2.75) is 42.9 Å². The van der Waals surface area contributed by atoms with Crippen molar-refractivity contribution in [2.75, 3.05) is 29.1 Å². The third-order valence-electron chi connectivity index (χ3n) is 5.49. The number of thioether (sulfide) groups is 1. The van der Waals surface area contributed by atoms with E-state index in [-0.39, 0.29) is 23.3 Å². The average molecular weight is 480 g/mol. The normalized spacial score (nSPS) is 18.6. The summed E-state index contributed by atoms with van der Waals surface area (Å²) in [5.74, 6) is 0.267. The molecule has 1 atom stereocenters. The lowest BCUT2D eigenvalue weighted by atomic mass is 9.97. The van der Waals surface area contributed by atoms with Gasteiger partial charge in [-0.1, -0.05) is 17.8 Å². The third kappa shape index (κ3) is 6.59. The lowest BCUT2D eigenvalue weighted by Gasteiger charge is -2.32. The van der Waals surface area contributed by atoms with Gasteiger partial charge in [0, 0.05) is 24.8 Å². The molecule has 2 heterocycles. The van der Waals surface area contributed by atoms with Gasteiger partial charge in [0.1, 0.15) is 5.03 Å². The van der Waals surface area contributed by atoms with E-state index in [1.165, 1.54) is 12.1 Å². The minimum atomic E-state index is -4.47. The number of carbonyl (C=O) groups is 2. The Morgan fingerprint density at radius 1 is 1.12 bits per heavy atom. The molecule has 0 unspecified atom stereocenters. The van der Waals surface area contributed by atoms with Crippen molar-refractivity contribution in [1.82, 2.24) is 15.5 Å². The van der Waals surface area contributed by atoms with Gasteiger partial charge in [0.15, 0.2) is 5.82 Å². The summed E-state index contributed by atoms with van der Waals surface area (Å²) < 4.78 is 38.4. The number of hydrogen-bond acceptors (Lipinski definition) is 6. The Bertz CT molecular complexity index is 998. The maximum atomic E-state index is 12.8. The fraction of sp³-hybridized carbons (Fsp3) is 0.455. The second-order valence-corrected chi connectivity index (χ2v) is 9.21. The number of benzene rings is 1. The Balaban J connectivity index is 1.27. The molecule has 11 heteroatoms. The summed E-state index contributed by atoms with van der Waals surface area (Å²) in [5.41, 5.74) is -0.735. The van der Waals surface area contributed by atoms with E-state index in [2.05, 4.69) is 20.8 Å². The van der Waals surface area contributed by atoms with Gasteiger partial charge in [-0.05, 0) is 56.0 Å². The van der Waals surface area contributed by atoms with Gasteiger partial charge in [0.25, 0.3) is 0 Å². The standard InChI is InChI=1S/C22H24F3N5O2S/c23-22(24,25)15-4-1-5-17(11-15)26-19(31)13-33-20-9-8-18(28-29-20)30-10-2-3-14(12-30)21(32)27-16-6-7-16/h1,4-5,8-9,11,14,16H,2-3,6-7,10,12-13H2,(H,26,31)(H,27,32)/t14-/m0/s1. The smallest absolute Gasteiger partial charge is 0.354 e. The molecule has 1 saturated carbocycles. The summed E-state index contributed by atoms with van der Waals surface area (Å²) >= 11 is 1.14. The molecule has 2 aliphatic rings. The Kier molecular flexibility index (Phi) is 7.06. The van der Waals surface area contributed by atoms with Crippen LogP contribution in [0, 0.1) is 5.92 Å². The number of rotatable bonds is 7. The molecule has 0 bridgehead atoms. The highest BCUT2D eigenvalue weighted by Crippen LogP contribution is 2.31. The van der Waals surface area contributed by atoms with Crippen LogP contribution < -0.4 is 15.5 Å². The first-order valence-electron chi connectivity index (χ1n) is 10.8. The van der Waals surface area contributed by atoms with E-state index in [4.69, 9.17) is 0 Å². The van der Waals surface area contributed by atoms with Crippen molar-refractivity contribution in [1.29, 1.82) is 0 Å². The summed E-state index contributed by atoms with van der Waals surface area (Å²) in [6, 6.07) is 8.40. The van der Waals surface area contributed by atoms with Crippen LogP contribution in [0.5, 0.6) is 0 Å². The number of hydrogen-bond donors (Lipinski definition) is 2. The average Bonchev–Trinajstić information content (AvgIpc) is 3.62. The van der Waals surface area contributed by atoms with Crippen LogP contribution in [0.1, 0.15) is 31.2 Å². The van der Waals surface area contributed by atoms with Gasteiger partial charge < -0.3 is 15.5 Å². The lowest BCUT2D eigenvalue weighted by molar-refractivity contribution is -0.137. The van der Waals surface area contributed by atoms with Crippen LogP contribution >= 0.6 is 11.8 Å². The summed E-state index contributed by atoms with van der Waals surface area (Å²) in [5, 5.41) is 14.4. The molecule has 1 saturated heterocycles. The van der Waals surface area contributed by atoms with Crippen LogP contribution in [0.25, 0.3) is 0 Å². The lowest BCUT2D eigenvalue weighted by Crippen LogP contribution is -2.44. The van der Waals surface area contributed by atoms with Gasteiger partial charge in [-0.25, -0.2) is 0 Å². The van der Waals surface area contributed by atoms with Crippen molar-refractivity contribution < 1.29 is 22.8 Å². The molecule has 33 heavy (non-hydrogen) atoms. The summed E-state index contributed by atoms with van der Waals surface area (Å²) in [6.07, 6.45) is -0.592. The molecule has 0 spiro atoms. The van der Waals surface area contributed by atoms with Crippen molar-refractivity contribution in [3.63, 3.8) is 0 Å². The SMILES string of the molecule is O=C(CSc1ccc(N2CCC[C@H](C(=O)NC3CC3)C2)nn1)Nc1cccc(C(F)(F)F)c1. The molecule has 1 aliphatic carbocycles. The molecule has 1 aromatic carbocycles. The number of alkyl halides is 3. The first-order chi connectivity index (χ1) is 15.8. The molecule has 1 aromatic heterocycles. The molecule has 1 aliphatic heterocycles. The molecule has 4 rings (SSSR count). The number of nitrogens with zero attached hydrogens (tertiary/aromatic N) is 3. The van der Waals surface area contributed by atoms with E-state index in [1.807, 2.05) is 4.90 Å². The van der Waals surface area contributed by atoms with E-state index in [0.717, 1.165) is 56.1 Å². The highest BCUT2D eigenvalue weighted by Gasteiger charge is 2.31. The minimum Gasteiger partial charge on any atom is -0.354 e. The number of aromatic nitrogens is 2. The summed E-state index contributed by atoms with van der Waals surface area (Å²) in [6.45, 7) is 1.40. The van der Waals surface area contributed by atoms with Gasteiger partial charge in [-0.3, -0.25) is 9.59 Å². The number of carbonyl (C=O) groups excluding carboxylic acids is 2. The molecule has 2 aromatic rings. The largest absolute Gasteiger partial charge is 0.416 e. The zero-order valence-electron chi connectivity index (χ0n) is 17.8. The van der Waals surface area contributed by atoms with Crippen molar-refractivity contribution in [3.8, 4) is 0 Å². The maximum Gasteiger partial charge on any atom is 0.416 e. The van der Waals surface area contributed by atoms with E-state index in [1.54, 1.807) is 12.1 Å². The Labute approximate surface area is 193 Å². The van der Waals surface area contributed by atoms with Gasteiger partial charge >= 0.3 is 6.18 Å². The topological polar surface area (TPSA) is 87.2 Å². The third-order valence-corrected chi connectivity index (χ3v) is 6.41. The number of anilines is 2. The Morgan fingerprint density at radius 3 is 2.64 bits per heavy atom. The van der Waals surface area contributed by atoms with Crippen molar-refractivity contribution >= 4 is 35.1 Å². The minimum absolute atomic E-state index is 0.0165. The fourth-order valence-corrected chi connectivity index (χ4v) is 4.23. The molecule has 0 radical (unpaired) electrons. The highest BCUT2D eigenvalue weighted by molar-refractivity contribution is 7.99. The van der Waals surface area contributed by atoms with Crippen LogP contribution in [0.4, 0.5) is 24.7 Å². The molecular weight excluding hydrogens is 455 g/mol. The van der Waals surface area contributed by atoms with Crippen LogP contribution in [0.2, 0.25) is 0 Å². The fourth-order valence-electron chi connectivity index (χ4n) is 3.61. The highest BCUT2D eigenvalue weighted by atomic mass is 32.2. The number of piperidine rings is 1. The molecular formula is C22H24F3N5O2S. The second kappa shape index (κ2) is 9.98. The van der Waals surface area contributed by atoms with Gasteiger partial charge in [0.05, 0.1) is 17.2 Å².